The summed E-state index contributed by atoms with van der Waals surface area (Å²) in [4.78, 5) is 15.9. The van der Waals surface area contributed by atoms with E-state index < -0.39 is 0 Å². The number of nitrogens with zero attached hydrogens (tertiary/aromatic N) is 2. The summed E-state index contributed by atoms with van der Waals surface area (Å²) in [5.41, 5.74) is 9.31. The summed E-state index contributed by atoms with van der Waals surface area (Å²) >= 11 is 0. The highest BCUT2D eigenvalue weighted by Crippen LogP contribution is 2.19. The van der Waals surface area contributed by atoms with Gasteiger partial charge in [-0.3, -0.25) is 0 Å². The molecule has 0 unspecified atom stereocenters. The molecule has 0 fully saturated rings. The van der Waals surface area contributed by atoms with Crippen molar-refractivity contribution in [3.63, 3.8) is 0 Å². The van der Waals surface area contributed by atoms with Gasteiger partial charge in [-0.15, -0.1) is 0 Å². The Balaban J connectivity index is 1.99. The SMILES string of the molecule is COC(=O)c1cccc(Cn2c(N)nc3ccccc32)c1. The van der Waals surface area contributed by atoms with Crippen LogP contribution in [0, 0.1) is 0 Å². The maximum Gasteiger partial charge on any atom is 0.337 e. The third-order valence-corrected chi connectivity index (χ3v) is 3.37. The lowest BCUT2D eigenvalue weighted by Gasteiger charge is -2.08. The van der Waals surface area contributed by atoms with Crippen LogP contribution in [0.15, 0.2) is 48.5 Å². The lowest BCUT2D eigenvalue weighted by Crippen LogP contribution is -2.06. The quantitative estimate of drug-likeness (QED) is 0.749. The van der Waals surface area contributed by atoms with Crippen molar-refractivity contribution in [1.29, 1.82) is 0 Å². The first kappa shape index (κ1) is 13.2. The maximum absolute atomic E-state index is 11.6. The fourth-order valence-electron chi connectivity index (χ4n) is 2.36. The number of carbonyl (C=O) groups is 1. The van der Waals surface area contributed by atoms with E-state index in [-0.39, 0.29) is 5.97 Å². The number of carbonyl (C=O) groups excluding carboxylic acids is 1. The molecule has 5 nitrogen and oxygen atoms in total. The second-order valence-electron chi connectivity index (χ2n) is 4.74. The summed E-state index contributed by atoms with van der Waals surface area (Å²) in [5.74, 6) is 0.111. The van der Waals surface area contributed by atoms with Crippen molar-refractivity contribution >= 4 is 23.0 Å². The zero-order valence-corrected chi connectivity index (χ0v) is 11.6. The number of nitrogens with two attached hydrogens (primary N) is 1. The van der Waals surface area contributed by atoms with E-state index >= 15 is 0 Å². The van der Waals surface area contributed by atoms with Gasteiger partial charge in [0, 0.05) is 0 Å². The van der Waals surface area contributed by atoms with Crippen LogP contribution < -0.4 is 5.73 Å². The number of para-hydroxylation sites is 2. The fourth-order valence-corrected chi connectivity index (χ4v) is 2.36. The first-order chi connectivity index (χ1) is 10.2. The Morgan fingerprint density at radius 3 is 2.86 bits per heavy atom. The van der Waals surface area contributed by atoms with Crippen LogP contribution in [0.1, 0.15) is 15.9 Å². The number of nitrogen functional groups attached to an aromatic ring is 1. The Hall–Kier alpha value is -2.82. The van der Waals surface area contributed by atoms with Gasteiger partial charge in [-0.05, 0) is 29.8 Å². The molecular weight excluding hydrogens is 266 g/mol. The van der Waals surface area contributed by atoms with E-state index in [0.717, 1.165) is 16.6 Å². The molecule has 0 spiro atoms. The number of rotatable bonds is 3. The van der Waals surface area contributed by atoms with E-state index in [0.29, 0.717) is 18.1 Å². The molecule has 0 amide bonds. The van der Waals surface area contributed by atoms with Crippen LogP contribution in [0.25, 0.3) is 11.0 Å². The molecule has 0 aliphatic heterocycles. The fraction of sp³-hybridized carbons (Fsp3) is 0.125. The van der Waals surface area contributed by atoms with Gasteiger partial charge in [-0.25, -0.2) is 9.78 Å². The molecular formula is C16H15N3O2. The van der Waals surface area contributed by atoms with Gasteiger partial charge in [0.05, 0.1) is 30.3 Å². The van der Waals surface area contributed by atoms with Gasteiger partial charge in [0.25, 0.3) is 0 Å². The second kappa shape index (κ2) is 5.28. The average Bonchev–Trinajstić information content (AvgIpc) is 2.83. The number of anilines is 1. The summed E-state index contributed by atoms with van der Waals surface area (Å²) in [5, 5.41) is 0. The summed E-state index contributed by atoms with van der Waals surface area (Å²) in [6.45, 7) is 0.553. The number of ether oxygens (including phenoxy) is 1. The van der Waals surface area contributed by atoms with Crippen LogP contribution in [0.5, 0.6) is 0 Å². The Kier molecular flexibility index (Phi) is 3.31. The molecule has 1 heterocycles. The lowest BCUT2D eigenvalue weighted by atomic mass is 10.1. The molecule has 3 rings (SSSR count). The van der Waals surface area contributed by atoms with E-state index in [1.807, 2.05) is 41.0 Å². The number of hydrogen-bond donors (Lipinski definition) is 1. The summed E-state index contributed by atoms with van der Waals surface area (Å²) in [7, 11) is 1.37. The minimum atomic E-state index is -0.347. The van der Waals surface area contributed by atoms with Crippen LogP contribution >= 0.6 is 0 Å². The molecule has 0 aliphatic carbocycles. The zero-order chi connectivity index (χ0) is 14.8. The smallest absolute Gasteiger partial charge is 0.337 e. The zero-order valence-electron chi connectivity index (χ0n) is 11.6. The van der Waals surface area contributed by atoms with Gasteiger partial charge in [-0.1, -0.05) is 24.3 Å². The lowest BCUT2D eigenvalue weighted by molar-refractivity contribution is 0.0600. The van der Waals surface area contributed by atoms with Crippen molar-refractivity contribution in [1.82, 2.24) is 9.55 Å². The van der Waals surface area contributed by atoms with Gasteiger partial charge >= 0.3 is 5.97 Å². The van der Waals surface area contributed by atoms with E-state index in [1.54, 1.807) is 12.1 Å². The number of esters is 1. The molecule has 0 bridgehead atoms. The highest BCUT2D eigenvalue weighted by atomic mass is 16.5. The second-order valence-corrected chi connectivity index (χ2v) is 4.74. The Morgan fingerprint density at radius 1 is 1.24 bits per heavy atom. The molecule has 1 aromatic heterocycles. The minimum Gasteiger partial charge on any atom is -0.465 e. The number of fused-ring (bicyclic) bond motifs is 1. The normalized spacial score (nSPS) is 10.7. The van der Waals surface area contributed by atoms with Crippen molar-refractivity contribution in [2.75, 3.05) is 12.8 Å². The predicted molar refractivity (Wildman–Crippen MR) is 81.0 cm³/mol. The van der Waals surface area contributed by atoms with E-state index in [1.165, 1.54) is 7.11 Å². The highest BCUT2D eigenvalue weighted by molar-refractivity contribution is 5.89. The predicted octanol–water partition coefficient (Wildman–Crippen LogP) is 2.45. The largest absolute Gasteiger partial charge is 0.465 e. The van der Waals surface area contributed by atoms with E-state index in [9.17, 15) is 4.79 Å². The molecule has 0 radical (unpaired) electrons. The number of imidazole rings is 1. The molecule has 0 saturated carbocycles. The molecule has 2 N–H and O–H groups in total. The summed E-state index contributed by atoms with van der Waals surface area (Å²) in [6.07, 6.45) is 0. The van der Waals surface area contributed by atoms with E-state index in [4.69, 9.17) is 10.5 Å². The van der Waals surface area contributed by atoms with Crippen molar-refractivity contribution in [3.05, 3.63) is 59.7 Å². The first-order valence-corrected chi connectivity index (χ1v) is 6.57. The number of benzene rings is 2. The molecule has 0 aliphatic rings. The number of aromatic nitrogens is 2. The standard InChI is InChI=1S/C16H15N3O2/c1-21-15(20)12-6-4-5-11(9-12)10-19-14-8-3-2-7-13(14)18-16(19)17/h2-9H,10H2,1H3,(H2,17,18). The first-order valence-electron chi connectivity index (χ1n) is 6.57. The van der Waals surface area contributed by atoms with Gasteiger partial charge in [0.15, 0.2) is 0 Å². The summed E-state index contributed by atoms with van der Waals surface area (Å²) < 4.78 is 6.66. The molecule has 2 aromatic carbocycles. The van der Waals surface area contributed by atoms with Gasteiger partial charge in [0.1, 0.15) is 0 Å². The van der Waals surface area contributed by atoms with Crippen molar-refractivity contribution in [3.8, 4) is 0 Å². The summed E-state index contributed by atoms with van der Waals surface area (Å²) in [6, 6.07) is 15.1. The molecule has 106 valence electrons. The van der Waals surface area contributed by atoms with Crippen LogP contribution in [0.3, 0.4) is 0 Å². The Bertz CT molecular complexity index is 808. The molecule has 0 saturated heterocycles. The van der Waals surface area contributed by atoms with Crippen molar-refractivity contribution < 1.29 is 9.53 Å². The number of hydrogen-bond acceptors (Lipinski definition) is 4. The molecule has 5 heteroatoms. The van der Waals surface area contributed by atoms with Gasteiger partial charge in [0.2, 0.25) is 5.95 Å². The van der Waals surface area contributed by atoms with Crippen LogP contribution in [-0.4, -0.2) is 22.6 Å². The Morgan fingerprint density at radius 2 is 2.05 bits per heavy atom. The van der Waals surface area contributed by atoms with Crippen molar-refractivity contribution in [2.45, 2.75) is 6.54 Å². The Labute approximate surface area is 122 Å². The molecule has 3 aromatic rings. The highest BCUT2D eigenvalue weighted by Gasteiger charge is 2.10. The van der Waals surface area contributed by atoms with Gasteiger partial charge < -0.3 is 15.0 Å². The van der Waals surface area contributed by atoms with Crippen LogP contribution in [-0.2, 0) is 11.3 Å². The number of methoxy groups -OCH3 is 1. The van der Waals surface area contributed by atoms with Crippen LogP contribution in [0.4, 0.5) is 5.95 Å². The van der Waals surface area contributed by atoms with Gasteiger partial charge in [-0.2, -0.15) is 0 Å². The minimum absolute atomic E-state index is 0.347. The molecule has 21 heavy (non-hydrogen) atoms. The van der Waals surface area contributed by atoms with Crippen LogP contribution in [0.2, 0.25) is 0 Å². The topological polar surface area (TPSA) is 70.1 Å². The maximum atomic E-state index is 11.6. The third kappa shape index (κ3) is 2.45. The van der Waals surface area contributed by atoms with E-state index in [2.05, 4.69) is 4.98 Å². The average molecular weight is 281 g/mol. The third-order valence-electron chi connectivity index (χ3n) is 3.37. The molecule has 0 atom stereocenters. The van der Waals surface area contributed by atoms with Crippen molar-refractivity contribution in [2.24, 2.45) is 0 Å². The monoisotopic (exact) mass is 281 g/mol.